The summed E-state index contributed by atoms with van der Waals surface area (Å²) in [6, 6.07) is 20.2. The number of hydrogen-bond acceptors (Lipinski definition) is 3. The van der Waals surface area contributed by atoms with Gasteiger partial charge < -0.3 is 9.67 Å². The second-order valence-electron chi connectivity index (χ2n) is 9.85. The fourth-order valence-electron chi connectivity index (χ4n) is 4.39. The first kappa shape index (κ1) is 16.7. The minimum Gasteiger partial charge on any atom is -0.507 e. The van der Waals surface area contributed by atoms with E-state index in [-0.39, 0.29) is 22.4 Å². The maximum absolute atomic E-state index is 11.1. The maximum Gasteiger partial charge on any atom is 0.144 e. The molecule has 0 atom stereocenters. The van der Waals surface area contributed by atoms with Crippen LogP contribution in [0.3, 0.4) is 0 Å². The van der Waals surface area contributed by atoms with Gasteiger partial charge in [-0.1, -0.05) is 51.1 Å². The number of rotatable bonds is 3. The molecule has 0 spiro atoms. The van der Waals surface area contributed by atoms with Gasteiger partial charge in [0.2, 0.25) is 0 Å². The van der Waals surface area contributed by atoms with Crippen LogP contribution < -0.4 is 0 Å². The van der Waals surface area contributed by atoms with Crippen molar-refractivity contribution in [3.05, 3.63) is 89.6 Å². The molecule has 0 aliphatic heterocycles. The Hall–Kier alpha value is -3.92. The number of imidazole rings is 1. The topological polar surface area (TPSA) is 50.9 Å². The van der Waals surface area contributed by atoms with Gasteiger partial charge in [-0.2, -0.15) is 0 Å². The normalized spacial score (nSPS) is 15.1. The van der Waals surface area contributed by atoms with Crippen molar-refractivity contribution in [3.63, 3.8) is 0 Å². The lowest BCUT2D eigenvalue weighted by molar-refractivity contribution is 0.472. The molecule has 4 heteroatoms. The van der Waals surface area contributed by atoms with Gasteiger partial charge in [-0.05, 0) is 77.8 Å². The number of pyridine rings is 1. The highest BCUT2D eigenvalue weighted by atomic mass is 16.3. The van der Waals surface area contributed by atoms with Crippen LogP contribution in [0.1, 0.15) is 45.7 Å². The van der Waals surface area contributed by atoms with Crippen LogP contribution in [0.15, 0.2) is 72.9 Å². The highest BCUT2D eigenvalue weighted by molar-refractivity contribution is 5.95. The number of fused-ring (bicyclic) bond motifs is 1. The Morgan fingerprint density at radius 3 is 2.43 bits per heavy atom. The molecule has 35 heavy (non-hydrogen) atoms. The number of phenols is 1. The predicted molar refractivity (Wildman–Crippen MR) is 145 cm³/mol. The lowest BCUT2D eigenvalue weighted by Gasteiger charge is -2.21. The van der Waals surface area contributed by atoms with E-state index >= 15 is 0 Å². The van der Waals surface area contributed by atoms with Crippen LogP contribution in [0, 0.1) is 13.7 Å². The standard InChI is InChI=1S/C31H31N3O/c1-19-14-20(2)29(35)25(15-19)30-33-28-24(10-9-12-27(28)34(30)6)21-16-22(26-11-7-8-13-32-26)18-23(17-21)31(3,4)5/h7-18,35H,1-6H3/i1D3,2D3. The Balaban J connectivity index is 1.78. The molecule has 0 saturated carbocycles. The Labute approximate surface area is 215 Å². The molecule has 0 unspecified atom stereocenters. The van der Waals surface area contributed by atoms with Gasteiger partial charge in [0.1, 0.15) is 11.6 Å². The number of nitrogens with zero attached hydrogens (tertiary/aromatic N) is 3. The number of benzene rings is 3. The van der Waals surface area contributed by atoms with Crippen molar-refractivity contribution < 1.29 is 13.3 Å². The summed E-state index contributed by atoms with van der Waals surface area (Å²) < 4.78 is 49.2. The molecule has 2 heterocycles. The van der Waals surface area contributed by atoms with E-state index in [9.17, 15) is 5.11 Å². The van der Waals surface area contributed by atoms with Gasteiger partial charge in [0, 0.05) is 32.6 Å². The molecular formula is C31H31N3O. The summed E-state index contributed by atoms with van der Waals surface area (Å²) in [4.78, 5) is 9.43. The second kappa shape index (κ2) is 8.38. The third kappa shape index (κ3) is 4.10. The van der Waals surface area contributed by atoms with Gasteiger partial charge in [0.25, 0.3) is 0 Å². The van der Waals surface area contributed by atoms with Gasteiger partial charge in [0.05, 0.1) is 22.3 Å². The van der Waals surface area contributed by atoms with E-state index in [1.807, 2.05) is 36.4 Å². The zero-order valence-corrected chi connectivity index (χ0v) is 20.2. The predicted octanol–water partition coefficient (Wildman–Crippen LogP) is 7.59. The second-order valence-corrected chi connectivity index (χ2v) is 9.85. The van der Waals surface area contributed by atoms with Crippen LogP contribution >= 0.6 is 0 Å². The maximum atomic E-state index is 11.1. The van der Waals surface area contributed by atoms with Crippen LogP contribution in [0.2, 0.25) is 0 Å². The molecule has 5 aromatic rings. The van der Waals surface area contributed by atoms with Crippen molar-refractivity contribution in [2.75, 3.05) is 0 Å². The molecule has 0 aliphatic rings. The van der Waals surface area contributed by atoms with Crippen molar-refractivity contribution >= 4 is 11.0 Å². The molecule has 0 fully saturated rings. The number of aromatic hydroxyl groups is 1. The summed E-state index contributed by atoms with van der Waals surface area (Å²) in [6.07, 6.45) is 1.76. The van der Waals surface area contributed by atoms with Gasteiger partial charge in [-0.3, -0.25) is 4.98 Å². The monoisotopic (exact) mass is 467 g/mol. The SMILES string of the molecule is [2H]C([2H])([2H])c1cc(-c2nc3c(-c4cc(-c5ccccn5)cc(C(C)(C)C)c4)cccc3n2C)c(O)c(C([2H])([2H])[2H])c1. The first-order valence-electron chi connectivity index (χ1n) is 14.5. The van der Waals surface area contributed by atoms with Gasteiger partial charge in [-0.25, -0.2) is 4.98 Å². The van der Waals surface area contributed by atoms with E-state index in [4.69, 9.17) is 13.2 Å². The number of aromatic nitrogens is 3. The Morgan fingerprint density at radius 1 is 0.886 bits per heavy atom. The Kier molecular flexibility index (Phi) is 3.99. The van der Waals surface area contributed by atoms with Crippen molar-refractivity contribution in [3.8, 4) is 39.5 Å². The Morgan fingerprint density at radius 2 is 1.71 bits per heavy atom. The summed E-state index contributed by atoms with van der Waals surface area (Å²) in [5, 5.41) is 11.1. The highest BCUT2D eigenvalue weighted by Gasteiger charge is 2.20. The summed E-state index contributed by atoms with van der Waals surface area (Å²) in [6.45, 7) is 1.16. The van der Waals surface area contributed by atoms with Crippen LogP contribution in [-0.2, 0) is 12.5 Å². The van der Waals surface area contributed by atoms with Crippen LogP contribution in [0.4, 0.5) is 0 Å². The van der Waals surface area contributed by atoms with E-state index in [0.717, 1.165) is 39.5 Å². The number of aryl methyl sites for hydroxylation is 3. The smallest absolute Gasteiger partial charge is 0.144 e. The number of para-hydroxylation sites is 1. The van der Waals surface area contributed by atoms with E-state index in [0.29, 0.717) is 5.52 Å². The van der Waals surface area contributed by atoms with Crippen molar-refractivity contribution in [1.82, 2.24) is 14.5 Å². The van der Waals surface area contributed by atoms with E-state index in [1.54, 1.807) is 17.8 Å². The van der Waals surface area contributed by atoms with Crippen molar-refractivity contribution in [2.45, 2.75) is 39.9 Å². The average Bonchev–Trinajstić information content (AvgIpc) is 3.23. The zero-order chi connectivity index (χ0) is 29.9. The fourth-order valence-corrected chi connectivity index (χ4v) is 4.39. The molecule has 5 rings (SSSR count). The average molecular weight is 468 g/mol. The van der Waals surface area contributed by atoms with Gasteiger partial charge >= 0.3 is 0 Å². The van der Waals surface area contributed by atoms with E-state index in [1.165, 1.54) is 6.07 Å². The first-order valence-corrected chi connectivity index (χ1v) is 11.5. The summed E-state index contributed by atoms with van der Waals surface area (Å²) >= 11 is 0. The lowest BCUT2D eigenvalue weighted by atomic mass is 9.83. The third-order valence-corrected chi connectivity index (χ3v) is 6.33. The largest absolute Gasteiger partial charge is 0.507 e. The summed E-state index contributed by atoms with van der Waals surface area (Å²) in [5.74, 6) is -0.247. The minimum atomic E-state index is -2.72. The van der Waals surface area contributed by atoms with E-state index < -0.39 is 25.0 Å². The van der Waals surface area contributed by atoms with E-state index in [2.05, 4.69) is 44.0 Å². The quantitative estimate of drug-likeness (QED) is 0.297. The molecule has 3 aromatic carbocycles. The van der Waals surface area contributed by atoms with Crippen molar-refractivity contribution in [2.24, 2.45) is 7.05 Å². The molecular weight excluding hydrogens is 430 g/mol. The molecule has 4 nitrogen and oxygen atoms in total. The van der Waals surface area contributed by atoms with Crippen LogP contribution in [0.5, 0.6) is 5.75 Å². The first-order chi connectivity index (χ1) is 19.1. The lowest BCUT2D eigenvalue weighted by Crippen LogP contribution is -2.11. The molecule has 2 aromatic heterocycles. The Bertz CT molecular complexity index is 1760. The molecule has 0 aliphatic carbocycles. The molecule has 0 bridgehead atoms. The molecule has 0 radical (unpaired) electrons. The number of hydrogen-bond donors (Lipinski definition) is 1. The zero-order valence-electron chi connectivity index (χ0n) is 26.2. The highest BCUT2D eigenvalue weighted by Crippen LogP contribution is 2.38. The van der Waals surface area contributed by atoms with Gasteiger partial charge in [0.15, 0.2) is 0 Å². The van der Waals surface area contributed by atoms with Crippen LogP contribution in [0.25, 0.3) is 44.8 Å². The number of phenolic OH excluding ortho intramolecular Hbond substituents is 1. The molecule has 0 saturated heterocycles. The summed E-state index contributed by atoms with van der Waals surface area (Å²) in [7, 11) is 1.76. The van der Waals surface area contributed by atoms with Crippen LogP contribution in [-0.4, -0.2) is 19.6 Å². The van der Waals surface area contributed by atoms with Gasteiger partial charge in [-0.15, -0.1) is 0 Å². The molecule has 0 amide bonds. The minimum absolute atomic E-state index is 0.0482. The van der Waals surface area contributed by atoms with Crippen molar-refractivity contribution in [1.29, 1.82) is 0 Å². The molecule has 176 valence electrons. The fraction of sp³-hybridized carbons (Fsp3) is 0.226. The molecule has 1 N–H and O–H groups in total. The third-order valence-electron chi connectivity index (χ3n) is 6.33. The summed E-state index contributed by atoms with van der Waals surface area (Å²) in [5.41, 5.74) is 5.38.